The molecule has 2 nitrogen and oxygen atoms in total. The van der Waals surface area contributed by atoms with Gasteiger partial charge in [0.2, 0.25) is 0 Å². The molecule has 0 bridgehead atoms. The van der Waals surface area contributed by atoms with Crippen LogP contribution in [0.3, 0.4) is 0 Å². The number of rotatable bonds is 4. The van der Waals surface area contributed by atoms with Crippen molar-refractivity contribution < 1.29 is 0 Å². The lowest BCUT2D eigenvalue weighted by Gasteiger charge is -2.25. The zero-order chi connectivity index (χ0) is 14.5. The average molecular weight is 274 g/mol. The molecule has 20 heavy (non-hydrogen) atoms. The van der Waals surface area contributed by atoms with Crippen LogP contribution in [0.1, 0.15) is 57.2 Å². The van der Waals surface area contributed by atoms with E-state index in [1.807, 2.05) is 0 Å². The van der Waals surface area contributed by atoms with Crippen LogP contribution in [0.2, 0.25) is 0 Å². The van der Waals surface area contributed by atoms with Crippen LogP contribution < -0.4 is 5.32 Å². The molecule has 1 fully saturated rings. The van der Waals surface area contributed by atoms with E-state index in [-0.39, 0.29) is 0 Å². The van der Waals surface area contributed by atoms with E-state index in [2.05, 4.69) is 62.2 Å². The van der Waals surface area contributed by atoms with Crippen molar-refractivity contribution in [3.63, 3.8) is 0 Å². The van der Waals surface area contributed by atoms with E-state index in [9.17, 15) is 0 Å². The fourth-order valence-electron chi connectivity index (χ4n) is 3.11. The minimum atomic E-state index is 0.450. The van der Waals surface area contributed by atoms with Gasteiger partial charge in [0.15, 0.2) is 0 Å². The second-order valence-electron chi connectivity index (χ2n) is 6.56. The van der Waals surface area contributed by atoms with Gasteiger partial charge in [0.05, 0.1) is 0 Å². The number of nitrogens with zero attached hydrogens (tertiary/aromatic N) is 1. The van der Waals surface area contributed by atoms with Crippen molar-refractivity contribution in [1.29, 1.82) is 0 Å². The lowest BCUT2D eigenvalue weighted by atomic mass is 10.0. The first-order chi connectivity index (χ1) is 9.56. The summed E-state index contributed by atoms with van der Waals surface area (Å²) in [6.07, 6.45) is 3.89. The van der Waals surface area contributed by atoms with Crippen LogP contribution in [-0.4, -0.2) is 30.1 Å². The van der Waals surface area contributed by atoms with E-state index in [1.54, 1.807) is 0 Å². The van der Waals surface area contributed by atoms with Gasteiger partial charge in [-0.05, 0) is 65.6 Å². The average Bonchev–Trinajstić information content (AvgIpc) is 2.65. The molecule has 2 rings (SSSR count). The minimum Gasteiger partial charge on any atom is -0.307 e. The highest BCUT2D eigenvalue weighted by molar-refractivity contribution is 5.23. The molecular formula is C18H30N2. The van der Waals surface area contributed by atoms with Gasteiger partial charge in [0, 0.05) is 18.1 Å². The normalized spacial score (nSPS) is 22.8. The summed E-state index contributed by atoms with van der Waals surface area (Å²) >= 11 is 0. The topological polar surface area (TPSA) is 15.3 Å². The lowest BCUT2D eigenvalue weighted by molar-refractivity contribution is 0.228. The van der Waals surface area contributed by atoms with E-state index in [1.165, 1.54) is 43.5 Å². The summed E-state index contributed by atoms with van der Waals surface area (Å²) in [5, 5.41) is 3.83. The highest BCUT2D eigenvalue weighted by Crippen LogP contribution is 2.19. The number of hydrogen-bond acceptors (Lipinski definition) is 2. The van der Waals surface area contributed by atoms with Crippen molar-refractivity contribution in [2.75, 3.05) is 13.1 Å². The second-order valence-corrected chi connectivity index (χ2v) is 6.56. The number of benzene rings is 1. The minimum absolute atomic E-state index is 0.450. The molecule has 1 heterocycles. The molecule has 112 valence electrons. The van der Waals surface area contributed by atoms with Gasteiger partial charge in [-0.15, -0.1) is 0 Å². The molecule has 1 aliphatic rings. The van der Waals surface area contributed by atoms with Crippen molar-refractivity contribution in [2.24, 2.45) is 0 Å². The Labute approximate surface area is 124 Å². The third-order valence-electron chi connectivity index (χ3n) is 4.56. The zero-order valence-corrected chi connectivity index (χ0v) is 13.5. The van der Waals surface area contributed by atoms with E-state index in [0.29, 0.717) is 18.1 Å². The number of hydrogen-bond donors (Lipinski definition) is 1. The maximum Gasteiger partial charge on any atom is 0.0294 e. The first-order valence-electron chi connectivity index (χ1n) is 8.13. The molecule has 1 saturated heterocycles. The summed E-state index contributed by atoms with van der Waals surface area (Å²) in [5.74, 6) is 0. The van der Waals surface area contributed by atoms with Crippen LogP contribution in [0.15, 0.2) is 24.3 Å². The Hall–Kier alpha value is -0.860. The van der Waals surface area contributed by atoms with Gasteiger partial charge in [-0.1, -0.05) is 29.8 Å². The molecule has 1 aliphatic heterocycles. The molecule has 0 amide bonds. The molecule has 0 radical (unpaired) electrons. The van der Waals surface area contributed by atoms with Gasteiger partial charge in [0.1, 0.15) is 0 Å². The zero-order valence-electron chi connectivity index (χ0n) is 13.5. The number of nitrogens with one attached hydrogen (secondary N) is 1. The second kappa shape index (κ2) is 7.24. The maximum absolute atomic E-state index is 3.83. The molecular weight excluding hydrogens is 244 g/mol. The van der Waals surface area contributed by atoms with Gasteiger partial charge in [-0.3, -0.25) is 0 Å². The summed E-state index contributed by atoms with van der Waals surface area (Å²) in [7, 11) is 0. The van der Waals surface area contributed by atoms with E-state index in [0.717, 1.165) is 0 Å². The molecule has 1 aromatic rings. The quantitative estimate of drug-likeness (QED) is 0.895. The molecule has 0 aliphatic carbocycles. The molecule has 2 unspecified atom stereocenters. The van der Waals surface area contributed by atoms with Gasteiger partial charge >= 0.3 is 0 Å². The predicted molar refractivity (Wildman–Crippen MR) is 87.1 cm³/mol. The SMILES string of the molecule is Cc1ccc(C(C)NC2CCCN(C(C)C)CC2)cc1. The highest BCUT2D eigenvalue weighted by atomic mass is 15.1. The van der Waals surface area contributed by atoms with Crippen LogP contribution in [0.4, 0.5) is 0 Å². The number of likely N-dealkylation sites (tertiary alicyclic amines) is 1. The fraction of sp³-hybridized carbons (Fsp3) is 0.667. The molecule has 0 aromatic heterocycles. The summed E-state index contributed by atoms with van der Waals surface area (Å²) < 4.78 is 0. The molecule has 2 heteroatoms. The number of aryl methyl sites for hydroxylation is 1. The Morgan fingerprint density at radius 2 is 1.75 bits per heavy atom. The van der Waals surface area contributed by atoms with E-state index in [4.69, 9.17) is 0 Å². The lowest BCUT2D eigenvalue weighted by Crippen LogP contribution is -2.34. The Kier molecular flexibility index (Phi) is 5.62. The van der Waals surface area contributed by atoms with Gasteiger partial charge in [-0.25, -0.2) is 0 Å². The molecule has 0 saturated carbocycles. The molecule has 1 N–H and O–H groups in total. The molecule has 2 atom stereocenters. The third kappa shape index (κ3) is 4.32. The van der Waals surface area contributed by atoms with Crippen molar-refractivity contribution >= 4 is 0 Å². The Balaban J connectivity index is 1.88. The van der Waals surface area contributed by atoms with Crippen LogP contribution in [-0.2, 0) is 0 Å². The summed E-state index contributed by atoms with van der Waals surface area (Å²) in [4.78, 5) is 2.61. The standard InChI is InChI=1S/C18H30N2/c1-14(2)20-12-5-6-18(11-13-20)19-16(4)17-9-7-15(3)8-10-17/h7-10,14,16,18-19H,5-6,11-13H2,1-4H3. The highest BCUT2D eigenvalue weighted by Gasteiger charge is 2.20. The summed E-state index contributed by atoms with van der Waals surface area (Å²) in [6, 6.07) is 10.7. The van der Waals surface area contributed by atoms with Gasteiger partial charge in [-0.2, -0.15) is 0 Å². The first kappa shape index (κ1) is 15.5. The molecule has 1 aromatic carbocycles. The third-order valence-corrected chi connectivity index (χ3v) is 4.56. The fourth-order valence-corrected chi connectivity index (χ4v) is 3.11. The summed E-state index contributed by atoms with van der Waals surface area (Å²) in [5.41, 5.74) is 2.74. The Morgan fingerprint density at radius 3 is 2.40 bits per heavy atom. The Morgan fingerprint density at radius 1 is 1.05 bits per heavy atom. The van der Waals surface area contributed by atoms with Crippen molar-refractivity contribution in [3.05, 3.63) is 35.4 Å². The van der Waals surface area contributed by atoms with Gasteiger partial charge < -0.3 is 10.2 Å². The first-order valence-corrected chi connectivity index (χ1v) is 8.13. The maximum atomic E-state index is 3.83. The molecule has 0 spiro atoms. The smallest absolute Gasteiger partial charge is 0.0294 e. The van der Waals surface area contributed by atoms with Crippen molar-refractivity contribution in [3.8, 4) is 0 Å². The van der Waals surface area contributed by atoms with E-state index >= 15 is 0 Å². The van der Waals surface area contributed by atoms with Crippen LogP contribution in [0.25, 0.3) is 0 Å². The largest absolute Gasteiger partial charge is 0.307 e. The predicted octanol–water partition coefficient (Wildman–Crippen LogP) is 3.91. The Bertz CT molecular complexity index is 396. The van der Waals surface area contributed by atoms with Crippen LogP contribution >= 0.6 is 0 Å². The summed E-state index contributed by atoms with van der Waals surface area (Å²) in [6.45, 7) is 11.5. The van der Waals surface area contributed by atoms with Crippen molar-refractivity contribution in [1.82, 2.24) is 10.2 Å². The van der Waals surface area contributed by atoms with Gasteiger partial charge in [0.25, 0.3) is 0 Å². The van der Waals surface area contributed by atoms with Crippen LogP contribution in [0.5, 0.6) is 0 Å². The van der Waals surface area contributed by atoms with E-state index < -0.39 is 0 Å². The van der Waals surface area contributed by atoms with Crippen molar-refractivity contribution in [2.45, 2.75) is 65.1 Å². The van der Waals surface area contributed by atoms with Crippen LogP contribution in [0, 0.1) is 6.92 Å². The monoisotopic (exact) mass is 274 g/mol.